The van der Waals surface area contributed by atoms with Crippen LogP contribution in [-0.4, -0.2) is 23.3 Å². The van der Waals surface area contributed by atoms with Crippen LogP contribution in [0.15, 0.2) is 11.6 Å². The number of carbonyl (C=O) groups is 1. The number of aliphatic hydroxyl groups is 1. The Hall–Kier alpha value is -0.830. The van der Waals surface area contributed by atoms with Crippen LogP contribution in [0.1, 0.15) is 115 Å². The van der Waals surface area contributed by atoms with Crippen molar-refractivity contribution in [2.24, 2.45) is 46.3 Å². The highest BCUT2D eigenvalue weighted by molar-refractivity contribution is 5.66. The van der Waals surface area contributed by atoms with E-state index in [0.717, 1.165) is 38.5 Å². The minimum Gasteiger partial charge on any atom is -0.462 e. The molecule has 0 aromatic rings. The Labute approximate surface area is 206 Å². The number of fused-ring (bicyclic) bond motifs is 5. The summed E-state index contributed by atoms with van der Waals surface area (Å²) in [6.45, 7) is 2.67. The Balaban J connectivity index is 1.46. The van der Waals surface area contributed by atoms with Gasteiger partial charge in [0.1, 0.15) is 6.10 Å². The minimum absolute atomic E-state index is 0.0214. The first-order chi connectivity index (χ1) is 17.8. The molecule has 0 bridgehead atoms. The lowest BCUT2D eigenvalue weighted by Crippen LogP contribution is -2.55. The van der Waals surface area contributed by atoms with Gasteiger partial charge in [-0.1, -0.05) is 65.4 Å². The van der Waals surface area contributed by atoms with Crippen LogP contribution in [0, 0.1) is 46.3 Å². The van der Waals surface area contributed by atoms with Crippen molar-refractivity contribution < 1.29 is 24.2 Å². The first kappa shape index (κ1) is 16.7. The second-order valence-electron chi connectivity index (χ2n) is 11.9. The maximum Gasteiger partial charge on any atom is 0.302 e. The van der Waals surface area contributed by atoms with E-state index in [1.165, 1.54) is 12.5 Å². The number of hydrogen-bond donors (Lipinski definition) is 1. The van der Waals surface area contributed by atoms with Gasteiger partial charge in [-0.05, 0) is 84.8 Å². The van der Waals surface area contributed by atoms with E-state index in [9.17, 15) is 9.90 Å². The molecule has 0 amide bonds. The summed E-state index contributed by atoms with van der Waals surface area (Å²) in [6.07, 6.45) is 9.22. The van der Waals surface area contributed by atoms with Crippen LogP contribution in [0.25, 0.3) is 0 Å². The first-order valence-corrected chi connectivity index (χ1v) is 12.9. The van der Waals surface area contributed by atoms with Crippen LogP contribution < -0.4 is 0 Å². The van der Waals surface area contributed by atoms with Gasteiger partial charge < -0.3 is 9.84 Å². The molecule has 0 unspecified atom stereocenters. The Morgan fingerprint density at radius 1 is 1.22 bits per heavy atom. The summed E-state index contributed by atoms with van der Waals surface area (Å²) in [5, 5.41) is 11.5. The number of hydrogen-bond acceptors (Lipinski definition) is 3. The van der Waals surface area contributed by atoms with Gasteiger partial charge in [0.2, 0.25) is 0 Å². The molecule has 32 heavy (non-hydrogen) atoms. The van der Waals surface area contributed by atoms with Gasteiger partial charge in [0.05, 0.1) is 6.10 Å². The Bertz CT molecular complexity index is 946. The molecule has 3 saturated carbocycles. The zero-order valence-corrected chi connectivity index (χ0v) is 20.5. The van der Waals surface area contributed by atoms with Crippen molar-refractivity contribution in [2.75, 3.05) is 0 Å². The van der Waals surface area contributed by atoms with E-state index in [1.807, 2.05) is 0 Å². The number of rotatable bonds is 6. The predicted molar refractivity (Wildman–Crippen MR) is 130 cm³/mol. The molecule has 182 valence electrons. The predicted octanol–water partition coefficient (Wildman–Crippen LogP) is 6.93. The average molecular weight is 452 g/mol. The molecule has 0 radical (unpaired) electrons. The number of esters is 1. The van der Waals surface area contributed by atoms with E-state index in [4.69, 9.17) is 14.3 Å². The van der Waals surface area contributed by atoms with E-state index >= 15 is 0 Å². The van der Waals surface area contributed by atoms with Crippen molar-refractivity contribution in [1.82, 2.24) is 0 Å². The fourth-order valence-corrected chi connectivity index (χ4v) is 8.73. The highest BCUT2D eigenvalue weighted by atomic mass is 16.5. The van der Waals surface area contributed by atoms with Crippen LogP contribution in [0.2, 0.25) is 0 Å². The Morgan fingerprint density at radius 2 is 2.00 bits per heavy atom. The summed E-state index contributed by atoms with van der Waals surface area (Å²) in [4.78, 5) is 11.5. The number of ether oxygens (including phenoxy) is 1. The van der Waals surface area contributed by atoms with Gasteiger partial charge in [0.25, 0.3) is 0 Å². The van der Waals surface area contributed by atoms with Crippen molar-refractivity contribution in [3.63, 3.8) is 0 Å². The van der Waals surface area contributed by atoms with Crippen molar-refractivity contribution in [3.8, 4) is 0 Å². The van der Waals surface area contributed by atoms with Crippen molar-refractivity contribution >= 4 is 5.97 Å². The van der Waals surface area contributed by atoms with Gasteiger partial charge in [-0.2, -0.15) is 0 Å². The summed E-state index contributed by atoms with van der Waals surface area (Å²) >= 11 is 0. The molecule has 9 atom stereocenters. The van der Waals surface area contributed by atoms with E-state index < -0.39 is 25.7 Å². The topological polar surface area (TPSA) is 46.5 Å². The molecule has 1 N–H and O–H groups in total. The SMILES string of the molecule is [2H]C([2H])([2H])C([2H])(CCC[C@@H](C)[C@H]1CC[C@H]2[C@@H]3[C@H](O)C=C4C[C@@H](OC(C)=O)CC[C@]4(C)[C@H]3CC[C@]12C)C([2H])([2H])[2H]. The number of aliphatic hydroxyl groups excluding tert-OH is 1. The van der Waals surface area contributed by atoms with Gasteiger partial charge in [0, 0.05) is 22.9 Å². The monoisotopic (exact) mass is 451 g/mol. The molecule has 3 fully saturated rings. The zero-order chi connectivity index (χ0) is 29.2. The summed E-state index contributed by atoms with van der Waals surface area (Å²) in [6, 6.07) is 0. The Kier molecular flexibility index (Phi) is 4.75. The highest BCUT2D eigenvalue weighted by Crippen LogP contribution is 2.67. The first-order valence-electron chi connectivity index (χ1n) is 16.4. The summed E-state index contributed by atoms with van der Waals surface area (Å²) in [5.41, 5.74) is 1.35. The lowest BCUT2D eigenvalue weighted by Gasteiger charge is -2.59. The van der Waals surface area contributed by atoms with Crippen LogP contribution >= 0.6 is 0 Å². The van der Waals surface area contributed by atoms with E-state index in [1.54, 1.807) is 0 Å². The molecular weight excluding hydrogens is 396 g/mol. The number of carbonyl (C=O) groups excluding carboxylic acids is 1. The maximum absolute atomic E-state index is 11.5. The van der Waals surface area contributed by atoms with Crippen LogP contribution in [0.3, 0.4) is 0 Å². The smallest absolute Gasteiger partial charge is 0.302 e. The van der Waals surface area contributed by atoms with Crippen LogP contribution in [0.4, 0.5) is 0 Å². The van der Waals surface area contributed by atoms with Crippen molar-refractivity contribution in [1.29, 1.82) is 0 Å². The van der Waals surface area contributed by atoms with Gasteiger partial charge in [-0.3, -0.25) is 4.79 Å². The van der Waals surface area contributed by atoms with Crippen LogP contribution in [-0.2, 0) is 9.53 Å². The van der Waals surface area contributed by atoms with Crippen molar-refractivity contribution in [3.05, 3.63) is 11.6 Å². The molecule has 4 aliphatic carbocycles. The molecule has 3 nitrogen and oxygen atoms in total. The zero-order valence-electron chi connectivity index (χ0n) is 27.5. The largest absolute Gasteiger partial charge is 0.462 e. The molecular formula is C29H48O3. The van der Waals surface area contributed by atoms with Gasteiger partial charge in [-0.25, -0.2) is 0 Å². The lowest BCUT2D eigenvalue weighted by molar-refractivity contribution is -0.149. The van der Waals surface area contributed by atoms with E-state index in [-0.39, 0.29) is 41.2 Å². The maximum atomic E-state index is 11.5. The van der Waals surface area contributed by atoms with E-state index in [2.05, 4.69) is 26.8 Å². The molecule has 0 spiro atoms. The fraction of sp³-hybridized carbons (Fsp3) is 0.897. The Morgan fingerprint density at radius 3 is 2.72 bits per heavy atom. The molecule has 0 aromatic heterocycles. The third kappa shape index (κ3) is 4.21. The molecule has 0 saturated heterocycles. The van der Waals surface area contributed by atoms with Crippen LogP contribution in [0.5, 0.6) is 0 Å². The van der Waals surface area contributed by atoms with E-state index in [0.29, 0.717) is 37.0 Å². The normalized spacial score (nSPS) is 48.7. The second kappa shape index (κ2) is 9.08. The quantitative estimate of drug-likeness (QED) is 0.352. The van der Waals surface area contributed by atoms with Gasteiger partial charge in [-0.15, -0.1) is 0 Å². The lowest BCUT2D eigenvalue weighted by atomic mass is 9.46. The molecule has 4 aliphatic rings. The molecule has 4 rings (SSSR count). The molecule has 0 aliphatic heterocycles. The summed E-state index contributed by atoms with van der Waals surface area (Å²) in [5.74, 6) is -0.972. The third-order valence-corrected chi connectivity index (χ3v) is 10.3. The highest BCUT2D eigenvalue weighted by Gasteiger charge is 2.61. The molecule has 0 aromatic carbocycles. The third-order valence-electron chi connectivity index (χ3n) is 10.3. The molecule has 0 heterocycles. The van der Waals surface area contributed by atoms with Gasteiger partial charge >= 0.3 is 5.97 Å². The standard InChI is InChI=1S/C29H48O3/c1-18(2)8-7-9-19(3)23-10-11-24-27-25(13-15-29(23,24)6)28(5)14-12-22(32-20(4)30)16-21(28)17-26(27)31/h17-19,22-27,31H,7-16H2,1-6H3/t19-,22+,23-,24+,25+,26-,27+,28+,29-/m1/s1/i1D3,2D3,18D. The molecule has 3 heteroatoms. The van der Waals surface area contributed by atoms with Crippen molar-refractivity contribution in [2.45, 2.75) is 118 Å². The summed E-state index contributed by atoms with van der Waals surface area (Å²) in [7, 11) is 0. The van der Waals surface area contributed by atoms with Gasteiger partial charge in [0.15, 0.2) is 0 Å². The fourth-order valence-electron chi connectivity index (χ4n) is 8.73. The average Bonchev–Trinajstić information content (AvgIpc) is 3.15. The second-order valence-corrected chi connectivity index (χ2v) is 11.9. The minimum atomic E-state index is -2.86. The summed E-state index contributed by atoms with van der Waals surface area (Å²) < 4.78 is 60.1.